The number of benzene rings is 1. The Morgan fingerprint density at radius 1 is 1.44 bits per heavy atom. The predicted octanol–water partition coefficient (Wildman–Crippen LogP) is 3.85. The van der Waals surface area contributed by atoms with Crippen molar-refractivity contribution in [1.29, 1.82) is 0 Å². The number of halogens is 1. The first-order chi connectivity index (χ1) is 7.63. The number of hydrogen-bond acceptors (Lipinski definition) is 2. The zero-order chi connectivity index (χ0) is 12.0. The van der Waals surface area contributed by atoms with Gasteiger partial charge in [-0.3, -0.25) is 0 Å². The quantitative estimate of drug-likeness (QED) is 0.856. The molecule has 0 radical (unpaired) electrons. The van der Waals surface area contributed by atoms with E-state index in [0.29, 0.717) is 0 Å². The average molecular weight is 302 g/mol. The van der Waals surface area contributed by atoms with Crippen molar-refractivity contribution in [1.82, 2.24) is 5.32 Å². The molecule has 1 atom stereocenters. The maximum atomic E-state index is 3.56. The molecule has 90 valence electrons. The summed E-state index contributed by atoms with van der Waals surface area (Å²) in [7, 11) is 0. The van der Waals surface area contributed by atoms with E-state index in [1.54, 1.807) is 0 Å². The lowest BCUT2D eigenvalue weighted by Gasteiger charge is -2.11. The Morgan fingerprint density at radius 3 is 2.81 bits per heavy atom. The Hall–Kier alpha value is 0.01000. The van der Waals surface area contributed by atoms with Gasteiger partial charge in [0.25, 0.3) is 0 Å². The molecule has 1 N–H and O–H groups in total. The van der Waals surface area contributed by atoms with Gasteiger partial charge >= 0.3 is 0 Å². The fraction of sp³-hybridized carbons (Fsp3) is 0.538. The van der Waals surface area contributed by atoms with Crippen molar-refractivity contribution >= 4 is 27.7 Å². The van der Waals surface area contributed by atoms with E-state index in [2.05, 4.69) is 59.5 Å². The van der Waals surface area contributed by atoms with E-state index in [1.807, 2.05) is 11.8 Å². The summed E-state index contributed by atoms with van der Waals surface area (Å²) in [5, 5.41) is 3.50. The Morgan fingerprint density at radius 2 is 2.19 bits per heavy atom. The maximum absolute atomic E-state index is 3.56. The zero-order valence-electron chi connectivity index (χ0n) is 10.2. The third kappa shape index (κ3) is 4.89. The van der Waals surface area contributed by atoms with Crippen LogP contribution in [-0.2, 0) is 6.54 Å². The summed E-state index contributed by atoms with van der Waals surface area (Å²) in [6.07, 6.45) is 2.16. The lowest BCUT2D eigenvalue weighted by molar-refractivity contribution is 0.559. The van der Waals surface area contributed by atoms with Crippen LogP contribution in [0.3, 0.4) is 0 Å². The highest BCUT2D eigenvalue weighted by molar-refractivity contribution is 9.10. The largest absolute Gasteiger partial charge is 0.312 e. The molecule has 0 fully saturated rings. The molecular weight excluding hydrogens is 282 g/mol. The first kappa shape index (κ1) is 14.1. The molecule has 1 nitrogen and oxygen atoms in total. The average Bonchev–Trinajstić information content (AvgIpc) is 2.24. The van der Waals surface area contributed by atoms with Gasteiger partial charge in [-0.2, -0.15) is 11.8 Å². The standard InChI is InChI=1S/C13H20BrNS/c1-10(9-16-3)7-15-8-12-5-4-11(2)13(14)6-12/h4-6,10,15H,7-9H2,1-3H3. The first-order valence-electron chi connectivity index (χ1n) is 5.58. The minimum Gasteiger partial charge on any atom is -0.312 e. The Kier molecular flexibility index (Phi) is 6.47. The number of aryl methyl sites for hydroxylation is 1. The second-order valence-corrected chi connectivity index (χ2v) is 6.04. The molecule has 3 heteroatoms. The van der Waals surface area contributed by atoms with E-state index in [0.717, 1.165) is 19.0 Å². The van der Waals surface area contributed by atoms with Crippen molar-refractivity contribution in [2.45, 2.75) is 20.4 Å². The molecule has 0 aliphatic heterocycles. The van der Waals surface area contributed by atoms with E-state index in [1.165, 1.54) is 21.4 Å². The summed E-state index contributed by atoms with van der Waals surface area (Å²) in [5.74, 6) is 1.97. The fourth-order valence-electron chi connectivity index (χ4n) is 1.55. The third-order valence-electron chi connectivity index (χ3n) is 2.51. The minimum atomic E-state index is 0.740. The zero-order valence-corrected chi connectivity index (χ0v) is 12.6. The van der Waals surface area contributed by atoms with Crippen LogP contribution in [0.2, 0.25) is 0 Å². The summed E-state index contributed by atoms with van der Waals surface area (Å²) in [6, 6.07) is 6.54. The Labute approximate surface area is 112 Å². The summed E-state index contributed by atoms with van der Waals surface area (Å²) >= 11 is 5.47. The Bertz CT molecular complexity index is 328. The lowest BCUT2D eigenvalue weighted by atomic mass is 10.1. The van der Waals surface area contributed by atoms with Crippen molar-refractivity contribution in [3.8, 4) is 0 Å². The van der Waals surface area contributed by atoms with Gasteiger partial charge in [-0.25, -0.2) is 0 Å². The van der Waals surface area contributed by atoms with E-state index in [4.69, 9.17) is 0 Å². The highest BCUT2D eigenvalue weighted by Gasteiger charge is 2.01. The molecule has 1 rings (SSSR count). The van der Waals surface area contributed by atoms with Gasteiger partial charge in [0.15, 0.2) is 0 Å². The summed E-state index contributed by atoms with van der Waals surface area (Å²) < 4.78 is 1.20. The van der Waals surface area contributed by atoms with Crippen molar-refractivity contribution < 1.29 is 0 Å². The molecule has 0 heterocycles. The molecule has 0 aliphatic carbocycles. The van der Waals surface area contributed by atoms with Gasteiger partial charge in [-0.15, -0.1) is 0 Å². The van der Waals surface area contributed by atoms with Crippen LogP contribution in [0.4, 0.5) is 0 Å². The number of hydrogen-bond donors (Lipinski definition) is 1. The normalized spacial score (nSPS) is 12.8. The molecule has 1 unspecified atom stereocenters. The van der Waals surface area contributed by atoms with Gasteiger partial charge in [0.05, 0.1) is 0 Å². The highest BCUT2D eigenvalue weighted by Crippen LogP contribution is 2.17. The van der Waals surface area contributed by atoms with Gasteiger partial charge < -0.3 is 5.32 Å². The van der Waals surface area contributed by atoms with Crippen LogP contribution < -0.4 is 5.32 Å². The van der Waals surface area contributed by atoms with E-state index in [9.17, 15) is 0 Å². The second-order valence-electron chi connectivity index (χ2n) is 4.27. The molecule has 0 bridgehead atoms. The van der Waals surface area contributed by atoms with Gasteiger partial charge in [-0.05, 0) is 48.6 Å². The SMILES string of the molecule is CSCC(C)CNCc1ccc(C)c(Br)c1. The monoisotopic (exact) mass is 301 g/mol. The van der Waals surface area contributed by atoms with Gasteiger partial charge in [0.1, 0.15) is 0 Å². The van der Waals surface area contributed by atoms with Crippen LogP contribution in [0.25, 0.3) is 0 Å². The highest BCUT2D eigenvalue weighted by atomic mass is 79.9. The number of thioether (sulfide) groups is 1. The summed E-state index contributed by atoms with van der Waals surface area (Å²) in [6.45, 7) is 6.44. The Balaban J connectivity index is 2.34. The second kappa shape index (κ2) is 7.36. The molecule has 1 aromatic carbocycles. The lowest BCUT2D eigenvalue weighted by Crippen LogP contribution is -2.22. The minimum absolute atomic E-state index is 0.740. The van der Waals surface area contributed by atoms with Crippen LogP contribution in [0.5, 0.6) is 0 Å². The summed E-state index contributed by atoms with van der Waals surface area (Å²) in [5.41, 5.74) is 2.63. The molecule has 0 aromatic heterocycles. The summed E-state index contributed by atoms with van der Waals surface area (Å²) in [4.78, 5) is 0. The first-order valence-corrected chi connectivity index (χ1v) is 7.77. The van der Waals surface area contributed by atoms with Crippen molar-refractivity contribution in [2.75, 3.05) is 18.6 Å². The molecule has 0 amide bonds. The van der Waals surface area contributed by atoms with E-state index < -0.39 is 0 Å². The van der Waals surface area contributed by atoms with Crippen molar-refractivity contribution in [2.24, 2.45) is 5.92 Å². The van der Waals surface area contributed by atoms with Crippen molar-refractivity contribution in [3.05, 3.63) is 33.8 Å². The number of nitrogens with one attached hydrogen (secondary N) is 1. The molecule has 0 saturated heterocycles. The van der Waals surface area contributed by atoms with Crippen LogP contribution in [0.15, 0.2) is 22.7 Å². The molecule has 0 aliphatic rings. The maximum Gasteiger partial charge on any atom is 0.0207 e. The smallest absolute Gasteiger partial charge is 0.0207 e. The van der Waals surface area contributed by atoms with Crippen LogP contribution in [0.1, 0.15) is 18.1 Å². The van der Waals surface area contributed by atoms with Gasteiger partial charge in [0.2, 0.25) is 0 Å². The van der Waals surface area contributed by atoms with E-state index >= 15 is 0 Å². The predicted molar refractivity (Wildman–Crippen MR) is 78.1 cm³/mol. The molecule has 1 aromatic rings. The topological polar surface area (TPSA) is 12.0 Å². The molecule has 0 spiro atoms. The number of rotatable bonds is 6. The van der Waals surface area contributed by atoms with Gasteiger partial charge in [-0.1, -0.05) is 35.0 Å². The van der Waals surface area contributed by atoms with Crippen LogP contribution in [0, 0.1) is 12.8 Å². The van der Waals surface area contributed by atoms with Crippen LogP contribution >= 0.6 is 27.7 Å². The molecular formula is C13H20BrNS. The molecule has 16 heavy (non-hydrogen) atoms. The van der Waals surface area contributed by atoms with Crippen LogP contribution in [-0.4, -0.2) is 18.6 Å². The van der Waals surface area contributed by atoms with Crippen molar-refractivity contribution in [3.63, 3.8) is 0 Å². The van der Waals surface area contributed by atoms with E-state index in [-0.39, 0.29) is 0 Å². The fourth-order valence-corrected chi connectivity index (χ4v) is 2.67. The third-order valence-corrected chi connectivity index (χ3v) is 4.27. The van der Waals surface area contributed by atoms with Gasteiger partial charge in [0, 0.05) is 11.0 Å². The molecule has 0 saturated carbocycles.